The number of hydrogen-bond donors (Lipinski definition) is 1. The molecule has 3 rings (SSSR count). The van der Waals surface area contributed by atoms with Crippen molar-refractivity contribution in [3.63, 3.8) is 0 Å². The Morgan fingerprint density at radius 2 is 1.65 bits per heavy atom. The fourth-order valence-electron chi connectivity index (χ4n) is 2.24. The first-order chi connectivity index (χ1) is 12.5. The van der Waals surface area contributed by atoms with Crippen molar-refractivity contribution in [3.05, 3.63) is 82.2 Å². The van der Waals surface area contributed by atoms with E-state index in [2.05, 4.69) is 5.32 Å². The molecular weight excluding hydrogens is 338 g/mol. The van der Waals surface area contributed by atoms with E-state index in [-0.39, 0.29) is 5.56 Å². The van der Waals surface area contributed by atoms with E-state index >= 15 is 0 Å². The molecule has 26 heavy (non-hydrogen) atoms. The minimum absolute atomic E-state index is 0.294. The summed E-state index contributed by atoms with van der Waals surface area (Å²) in [5.41, 5.74) is -0.567. The minimum atomic E-state index is -1.01. The molecule has 0 aliphatic heterocycles. The minimum Gasteiger partial charge on any atom is -0.452 e. The SMILES string of the molecule is O=C(COC(=O)c1cc2ccccc2oc1=O)NC(=O)c1ccccc1. The van der Waals surface area contributed by atoms with Crippen molar-refractivity contribution in [1.29, 1.82) is 0 Å². The van der Waals surface area contributed by atoms with Gasteiger partial charge in [-0.1, -0.05) is 36.4 Å². The number of benzene rings is 2. The fourth-order valence-corrected chi connectivity index (χ4v) is 2.24. The molecule has 1 aromatic heterocycles. The number of amides is 2. The van der Waals surface area contributed by atoms with Crippen LogP contribution in [-0.4, -0.2) is 24.4 Å². The van der Waals surface area contributed by atoms with E-state index in [1.165, 1.54) is 18.2 Å². The maximum atomic E-state index is 12.0. The normalized spacial score (nSPS) is 10.3. The van der Waals surface area contributed by atoms with Crippen LogP contribution in [0.1, 0.15) is 20.7 Å². The molecule has 1 N–H and O–H groups in total. The molecule has 0 fully saturated rings. The zero-order chi connectivity index (χ0) is 18.5. The molecule has 0 radical (unpaired) electrons. The Balaban J connectivity index is 1.63. The Kier molecular flexibility index (Phi) is 4.89. The number of hydrogen-bond acceptors (Lipinski definition) is 6. The number of imide groups is 1. The molecule has 0 spiro atoms. The van der Waals surface area contributed by atoms with Gasteiger partial charge in [0, 0.05) is 10.9 Å². The first-order valence-corrected chi connectivity index (χ1v) is 7.64. The van der Waals surface area contributed by atoms with Crippen LogP contribution >= 0.6 is 0 Å². The Morgan fingerprint density at radius 1 is 0.962 bits per heavy atom. The number of carbonyl (C=O) groups is 3. The van der Waals surface area contributed by atoms with E-state index in [0.29, 0.717) is 16.5 Å². The monoisotopic (exact) mass is 351 g/mol. The first kappa shape index (κ1) is 17.1. The molecule has 2 aromatic carbocycles. The highest BCUT2D eigenvalue weighted by Gasteiger charge is 2.17. The van der Waals surface area contributed by atoms with E-state index in [1.54, 1.807) is 42.5 Å². The molecule has 7 nitrogen and oxygen atoms in total. The van der Waals surface area contributed by atoms with Gasteiger partial charge >= 0.3 is 11.6 Å². The van der Waals surface area contributed by atoms with E-state index in [0.717, 1.165) is 0 Å². The highest BCUT2D eigenvalue weighted by molar-refractivity contribution is 6.05. The van der Waals surface area contributed by atoms with Gasteiger partial charge in [0.1, 0.15) is 11.1 Å². The van der Waals surface area contributed by atoms with Crippen molar-refractivity contribution in [3.8, 4) is 0 Å². The Bertz CT molecular complexity index is 1040. The molecule has 2 amide bonds. The van der Waals surface area contributed by atoms with E-state index < -0.39 is 30.0 Å². The molecule has 0 aliphatic rings. The molecule has 7 heteroatoms. The molecular formula is C19H13NO6. The second-order valence-electron chi connectivity index (χ2n) is 5.30. The van der Waals surface area contributed by atoms with Crippen LogP contribution in [0.4, 0.5) is 0 Å². The lowest BCUT2D eigenvalue weighted by atomic mass is 10.2. The molecule has 1 heterocycles. The number of ether oxygens (including phenoxy) is 1. The van der Waals surface area contributed by atoms with Crippen molar-refractivity contribution in [1.82, 2.24) is 5.32 Å². The summed E-state index contributed by atoms with van der Waals surface area (Å²) < 4.78 is 9.83. The van der Waals surface area contributed by atoms with Crippen molar-refractivity contribution in [2.75, 3.05) is 6.61 Å². The van der Waals surface area contributed by atoms with Gasteiger partial charge in [-0.15, -0.1) is 0 Å². The number of rotatable bonds is 4. The van der Waals surface area contributed by atoms with Gasteiger partial charge in [0.2, 0.25) is 0 Å². The third kappa shape index (κ3) is 3.84. The lowest BCUT2D eigenvalue weighted by Crippen LogP contribution is -2.34. The summed E-state index contributed by atoms with van der Waals surface area (Å²) in [6.07, 6.45) is 0. The average Bonchev–Trinajstić information content (AvgIpc) is 2.66. The second-order valence-corrected chi connectivity index (χ2v) is 5.30. The molecule has 0 bridgehead atoms. The topological polar surface area (TPSA) is 103 Å². The Hall–Kier alpha value is -3.74. The molecule has 0 aliphatic carbocycles. The molecule has 130 valence electrons. The van der Waals surface area contributed by atoms with Crippen LogP contribution in [0.15, 0.2) is 69.9 Å². The van der Waals surface area contributed by atoms with Gasteiger partial charge in [-0.3, -0.25) is 14.9 Å². The summed E-state index contributed by atoms with van der Waals surface area (Å²) in [6.45, 7) is -0.705. The Labute approximate surface area is 147 Å². The van der Waals surface area contributed by atoms with Gasteiger partial charge in [0.05, 0.1) is 0 Å². The van der Waals surface area contributed by atoms with Crippen LogP contribution < -0.4 is 10.9 Å². The zero-order valence-corrected chi connectivity index (χ0v) is 13.4. The third-order valence-electron chi connectivity index (χ3n) is 3.48. The number of esters is 1. The quantitative estimate of drug-likeness (QED) is 0.569. The average molecular weight is 351 g/mol. The first-order valence-electron chi connectivity index (χ1n) is 7.64. The standard InChI is InChI=1S/C19H13NO6/c21-16(20-17(22)12-6-2-1-3-7-12)11-25-18(23)14-10-13-8-4-5-9-15(13)26-19(14)24/h1-10H,11H2,(H,20,21,22). The summed E-state index contributed by atoms with van der Waals surface area (Å²) in [6, 6.07) is 16.1. The lowest BCUT2D eigenvalue weighted by Gasteiger charge is -2.06. The maximum Gasteiger partial charge on any atom is 0.351 e. The zero-order valence-electron chi connectivity index (χ0n) is 13.4. The predicted molar refractivity (Wildman–Crippen MR) is 91.7 cm³/mol. The largest absolute Gasteiger partial charge is 0.452 e. The number of para-hydroxylation sites is 1. The Morgan fingerprint density at radius 3 is 2.42 bits per heavy atom. The van der Waals surface area contributed by atoms with Crippen molar-refractivity contribution in [2.45, 2.75) is 0 Å². The van der Waals surface area contributed by atoms with Gasteiger partial charge in [0.25, 0.3) is 11.8 Å². The van der Waals surface area contributed by atoms with Gasteiger partial charge < -0.3 is 9.15 Å². The van der Waals surface area contributed by atoms with E-state index in [1.807, 2.05) is 0 Å². The molecule has 0 saturated carbocycles. The summed E-state index contributed by atoms with van der Waals surface area (Å²) in [7, 11) is 0. The van der Waals surface area contributed by atoms with Crippen LogP contribution in [0.2, 0.25) is 0 Å². The van der Waals surface area contributed by atoms with E-state index in [9.17, 15) is 19.2 Å². The second kappa shape index (κ2) is 7.43. The van der Waals surface area contributed by atoms with Crippen molar-refractivity contribution >= 4 is 28.8 Å². The van der Waals surface area contributed by atoms with Crippen LogP contribution in [0.3, 0.4) is 0 Å². The lowest BCUT2D eigenvalue weighted by molar-refractivity contribution is -0.123. The molecule has 0 atom stereocenters. The molecule has 0 saturated heterocycles. The van der Waals surface area contributed by atoms with Gasteiger partial charge in [-0.05, 0) is 24.3 Å². The van der Waals surface area contributed by atoms with E-state index in [4.69, 9.17) is 9.15 Å². The van der Waals surface area contributed by atoms with Crippen LogP contribution in [0.25, 0.3) is 11.0 Å². The summed E-state index contributed by atoms with van der Waals surface area (Å²) in [5.74, 6) is -2.43. The fraction of sp³-hybridized carbons (Fsp3) is 0.0526. The highest BCUT2D eigenvalue weighted by Crippen LogP contribution is 2.13. The third-order valence-corrected chi connectivity index (χ3v) is 3.48. The summed E-state index contributed by atoms with van der Waals surface area (Å²) >= 11 is 0. The number of nitrogens with one attached hydrogen (secondary N) is 1. The highest BCUT2D eigenvalue weighted by atomic mass is 16.5. The van der Waals surface area contributed by atoms with Crippen molar-refractivity contribution < 1.29 is 23.5 Å². The van der Waals surface area contributed by atoms with Crippen LogP contribution in [0.5, 0.6) is 0 Å². The molecule has 0 unspecified atom stereocenters. The van der Waals surface area contributed by atoms with Gasteiger partial charge in [-0.25, -0.2) is 9.59 Å². The number of carbonyl (C=O) groups excluding carboxylic acids is 3. The summed E-state index contributed by atoms with van der Waals surface area (Å²) in [4.78, 5) is 47.5. The van der Waals surface area contributed by atoms with Crippen LogP contribution in [0, 0.1) is 0 Å². The van der Waals surface area contributed by atoms with Gasteiger partial charge in [0.15, 0.2) is 6.61 Å². The summed E-state index contributed by atoms with van der Waals surface area (Å²) in [5, 5.41) is 2.63. The number of fused-ring (bicyclic) bond motifs is 1. The van der Waals surface area contributed by atoms with Crippen molar-refractivity contribution in [2.24, 2.45) is 0 Å². The smallest absolute Gasteiger partial charge is 0.351 e. The predicted octanol–water partition coefficient (Wildman–Crippen LogP) is 1.91. The molecule has 3 aromatic rings. The van der Waals surface area contributed by atoms with Gasteiger partial charge in [-0.2, -0.15) is 0 Å². The van der Waals surface area contributed by atoms with Crippen LogP contribution in [-0.2, 0) is 9.53 Å². The maximum absolute atomic E-state index is 12.0.